The Morgan fingerprint density at radius 2 is 0.793 bits per heavy atom. The summed E-state index contributed by atoms with van der Waals surface area (Å²) in [5.74, 6) is 0.323. The van der Waals surface area contributed by atoms with Gasteiger partial charge in [0.25, 0.3) is 0 Å². The smallest absolute Gasteiger partial charge is 0.164 e. The second-order valence-electron chi connectivity index (χ2n) is 14.1. The first-order valence-corrected chi connectivity index (χ1v) is 18.9. The zero-order valence-corrected chi connectivity index (χ0v) is 30.5. The van der Waals surface area contributed by atoms with E-state index in [9.17, 15) is 5.48 Å². The molecule has 0 spiro atoms. The predicted molar refractivity (Wildman–Crippen MR) is 237 cm³/mol. The summed E-state index contributed by atoms with van der Waals surface area (Å²) in [6, 6.07) is 44.3. The lowest BCUT2D eigenvalue weighted by Gasteiger charge is -2.12. The molecule has 0 amide bonds. The summed E-state index contributed by atoms with van der Waals surface area (Å²) in [6.45, 7) is 0. The molecule has 5 nitrogen and oxygen atoms in total. The van der Waals surface area contributed by atoms with E-state index in [4.69, 9.17) is 27.9 Å². The molecule has 9 aromatic carbocycles. The Morgan fingerprint density at radius 3 is 1.36 bits per heavy atom. The highest BCUT2D eigenvalue weighted by atomic mass is 16.3. The summed E-state index contributed by atoms with van der Waals surface area (Å²) in [5.41, 5.74) is 5.14. The van der Waals surface area contributed by atoms with Gasteiger partial charge in [-0.15, -0.1) is 0 Å². The average Bonchev–Trinajstić information content (AvgIpc) is 3.91. The Balaban J connectivity index is 1.23. The van der Waals surface area contributed by atoms with Gasteiger partial charge in [0.2, 0.25) is 0 Å². The largest absolute Gasteiger partial charge is 0.455 e. The van der Waals surface area contributed by atoms with E-state index < -0.39 is 0 Å². The summed E-state index contributed by atoms with van der Waals surface area (Å²) < 4.78 is 79.1. The maximum absolute atomic E-state index is 9.91. The molecule has 5 heteroatoms. The van der Waals surface area contributed by atoms with Crippen LogP contribution in [-0.2, 0) is 0 Å². The highest BCUT2D eigenvalue weighted by Crippen LogP contribution is 2.44. The minimum atomic E-state index is -0.117. The number of nitrogens with zero attached hydrogens (tertiary/aromatic N) is 3. The topological polar surface area (TPSA) is 65.0 Å². The number of hydrogen-bond acceptors (Lipinski definition) is 5. The summed E-state index contributed by atoms with van der Waals surface area (Å²) in [6.07, 6.45) is 0. The molecular weight excluding hydrogens is 711 g/mol. The van der Waals surface area contributed by atoms with Crippen molar-refractivity contribution in [1.82, 2.24) is 15.0 Å². The Morgan fingerprint density at radius 1 is 0.345 bits per heavy atom. The molecule has 3 heterocycles. The van der Waals surface area contributed by atoms with Crippen molar-refractivity contribution in [3.8, 4) is 56.4 Å². The Hall–Kier alpha value is -7.89. The van der Waals surface area contributed by atoms with Crippen molar-refractivity contribution >= 4 is 65.4 Å². The molecule has 270 valence electrons. The highest BCUT2D eigenvalue weighted by molar-refractivity contribution is 6.22. The standard InChI is InChI=1S/C53H31N3O2/c1-4-14-32(15-5-1)35-24-26-41-45(30-35)57-49-39-22-12-10-20-37(39)28-43(47(41)49)52-54-51(34-18-8-3-9-19-34)55-53(56-52)44-29-38-21-11-13-23-40(38)50-48(44)42-27-25-36(31-46(42)58-50)33-16-6-2-7-17-33/h1-31H/i20D,21D,22D,28D,29D,30D,31D. The Kier molecular flexibility index (Phi) is 5.76. The van der Waals surface area contributed by atoms with E-state index in [1.54, 1.807) is 18.2 Å². The summed E-state index contributed by atoms with van der Waals surface area (Å²) >= 11 is 0. The third-order valence-electron chi connectivity index (χ3n) is 10.6. The van der Waals surface area contributed by atoms with Crippen LogP contribution < -0.4 is 0 Å². The van der Waals surface area contributed by atoms with E-state index in [0.717, 1.165) is 11.1 Å². The molecule has 12 rings (SSSR count). The summed E-state index contributed by atoms with van der Waals surface area (Å²) in [7, 11) is 0. The monoisotopic (exact) mass is 748 g/mol. The second-order valence-corrected chi connectivity index (χ2v) is 14.1. The molecule has 0 saturated heterocycles. The average molecular weight is 749 g/mol. The Bertz CT molecular complexity index is 3970. The van der Waals surface area contributed by atoms with E-state index in [2.05, 4.69) is 0 Å². The van der Waals surface area contributed by atoms with Crippen LogP contribution in [0.15, 0.2) is 197 Å². The number of rotatable bonds is 5. The molecule has 0 radical (unpaired) electrons. The van der Waals surface area contributed by atoms with Crippen LogP contribution in [0.5, 0.6) is 0 Å². The molecule has 0 unspecified atom stereocenters. The van der Waals surface area contributed by atoms with Crippen LogP contribution in [0.1, 0.15) is 9.60 Å². The number of fused-ring (bicyclic) bond motifs is 10. The van der Waals surface area contributed by atoms with Gasteiger partial charge in [-0.3, -0.25) is 0 Å². The van der Waals surface area contributed by atoms with Crippen molar-refractivity contribution in [2.45, 2.75) is 0 Å². The lowest BCUT2D eigenvalue weighted by atomic mass is 9.97. The van der Waals surface area contributed by atoms with Crippen molar-refractivity contribution in [2.75, 3.05) is 0 Å². The zero-order valence-electron chi connectivity index (χ0n) is 37.5. The minimum absolute atomic E-state index is 0.00293. The van der Waals surface area contributed by atoms with E-state index >= 15 is 0 Å². The molecule has 0 saturated carbocycles. The van der Waals surface area contributed by atoms with Gasteiger partial charge >= 0.3 is 0 Å². The lowest BCUT2D eigenvalue weighted by Crippen LogP contribution is -2.01. The van der Waals surface area contributed by atoms with E-state index in [1.807, 2.05) is 115 Å². The van der Waals surface area contributed by atoms with E-state index in [-0.39, 0.29) is 92.8 Å². The molecule has 0 bridgehead atoms. The van der Waals surface area contributed by atoms with Crippen LogP contribution in [0.2, 0.25) is 0 Å². The van der Waals surface area contributed by atoms with Gasteiger partial charge in [0.15, 0.2) is 17.5 Å². The first-order chi connectivity index (χ1) is 31.7. The van der Waals surface area contributed by atoms with Crippen LogP contribution in [0.4, 0.5) is 0 Å². The molecule has 58 heavy (non-hydrogen) atoms. The molecule has 3 aromatic heterocycles. The molecular formula is C53H31N3O2. The minimum Gasteiger partial charge on any atom is -0.455 e. The van der Waals surface area contributed by atoms with Gasteiger partial charge in [0.05, 0.1) is 9.60 Å². The maximum atomic E-state index is 9.91. The van der Waals surface area contributed by atoms with Crippen molar-refractivity contribution in [3.63, 3.8) is 0 Å². The van der Waals surface area contributed by atoms with E-state index in [1.165, 1.54) is 12.1 Å². The molecule has 0 aliphatic rings. The van der Waals surface area contributed by atoms with Gasteiger partial charge in [-0.1, -0.05) is 152 Å². The van der Waals surface area contributed by atoms with Crippen molar-refractivity contribution in [1.29, 1.82) is 0 Å². The molecule has 0 aliphatic carbocycles. The molecule has 12 aromatic rings. The van der Waals surface area contributed by atoms with Crippen LogP contribution in [-0.4, -0.2) is 15.0 Å². The second kappa shape index (κ2) is 12.8. The fourth-order valence-corrected chi connectivity index (χ4v) is 7.91. The normalized spacial score (nSPS) is 13.5. The fourth-order valence-electron chi connectivity index (χ4n) is 7.91. The van der Waals surface area contributed by atoms with Gasteiger partial charge in [0, 0.05) is 49.0 Å². The highest BCUT2D eigenvalue weighted by Gasteiger charge is 2.23. The van der Waals surface area contributed by atoms with Crippen molar-refractivity contribution < 1.29 is 18.4 Å². The number of benzene rings is 9. The molecule has 0 fully saturated rings. The Labute approximate surface area is 342 Å². The van der Waals surface area contributed by atoms with Gasteiger partial charge in [0.1, 0.15) is 22.3 Å². The number of furan rings is 2. The van der Waals surface area contributed by atoms with Gasteiger partial charge < -0.3 is 8.83 Å². The van der Waals surface area contributed by atoms with Gasteiger partial charge in [-0.05, 0) is 69.3 Å². The number of hydrogen-bond donors (Lipinski definition) is 0. The van der Waals surface area contributed by atoms with Crippen LogP contribution in [0, 0.1) is 0 Å². The zero-order chi connectivity index (χ0) is 44.2. The maximum Gasteiger partial charge on any atom is 0.164 e. The predicted octanol–water partition coefficient (Wildman–Crippen LogP) is 14.3. The quantitative estimate of drug-likeness (QED) is 0.175. The molecule has 0 aliphatic heterocycles. The fraction of sp³-hybridized carbons (Fsp3) is 0. The first kappa shape index (κ1) is 26.1. The van der Waals surface area contributed by atoms with Gasteiger partial charge in [-0.2, -0.15) is 0 Å². The molecule has 0 atom stereocenters. The van der Waals surface area contributed by atoms with Gasteiger partial charge in [-0.25, -0.2) is 15.0 Å². The SMILES string of the molecule is [2H]c1c(-c2ccccc2)ccc2c1oc1c3cccc([2H])c3c([2H])c(-c3nc(-c4ccccc4)nc(-c4c([2H])c5c([2H])ccc([2H])c5c5oc6c([2H])c(-c7ccccc7)ccc6c45)n3)c21. The lowest BCUT2D eigenvalue weighted by molar-refractivity contribution is 0.672. The third-order valence-corrected chi connectivity index (χ3v) is 10.6. The van der Waals surface area contributed by atoms with Crippen molar-refractivity contribution in [2.24, 2.45) is 0 Å². The summed E-state index contributed by atoms with van der Waals surface area (Å²) in [4.78, 5) is 15.3. The van der Waals surface area contributed by atoms with Crippen LogP contribution in [0.3, 0.4) is 0 Å². The van der Waals surface area contributed by atoms with Crippen molar-refractivity contribution in [3.05, 3.63) is 188 Å². The third kappa shape index (κ3) is 5.14. The first-order valence-electron chi connectivity index (χ1n) is 22.4. The number of aromatic nitrogens is 3. The van der Waals surface area contributed by atoms with Crippen LogP contribution in [0.25, 0.3) is 122 Å². The van der Waals surface area contributed by atoms with Crippen LogP contribution >= 0.6 is 0 Å². The molecule has 0 N–H and O–H groups in total. The summed E-state index contributed by atoms with van der Waals surface area (Å²) in [5, 5.41) is 3.18. The van der Waals surface area contributed by atoms with E-state index in [0.29, 0.717) is 60.2 Å².